The van der Waals surface area contributed by atoms with E-state index in [1.807, 2.05) is 0 Å². The molecule has 106 valence electrons. The van der Waals surface area contributed by atoms with Gasteiger partial charge in [-0.2, -0.15) is 13.2 Å². The van der Waals surface area contributed by atoms with Crippen LogP contribution in [-0.4, -0.2) is 29.3 Å². The number of aliphatic hydroxyl groups is 1. The van der Waals surface area contributed by atoms with Gasteiger partial charge in [-0.1, -0.05) is 6.92 Å². The Morgan fingerprint density at radius 2 is 2.05 bits per heavy atom. The summed E-state index contributed by atoms with van der Waals surface area (Å²) in [4.78, 5) is 10.8. The van der Waals surface area contributed by atoms with Crippen LogP contribution >= 0.6 is 0 Å². The third-order valence-corrected chi connectivity index (χ3v) is 2.52. The highest BCUT2D eigenvalue weighted by Gasteiger charge is 2.35. The molecule has 4 nitrogen and oxygen atoms in total. The number of carboxylic acids is 1. The highest BCUT2D eigenvalue weighted by Crippen LogP contribution is 2.33. The van der Waals surface area contributed by atoms with E-state index in [1.165, 1.54) is 6.07 Å². The number of halogens is 3. The number of rotatable bonds is 5. The van der Waals surface area contributed by atoms with Crippen LogP contribution in [0.3, 0.4) is 0 Å². The van der Waals surface area contributed by atoms with Gasteiger partial charge in [-0.05, 0) is 24.1 Å². The Kier molecular flexibility index (Phi) is 4.77. The fourth-order valence-corrected chi connectivity index (χ4v) is 1.43. The Morgan fingerprint density at radius 1 is 1.42 bits per heavy atom. The molecule has 0 fully saturated rings. The van der Waals surface area contributed by atoms with Crippen molar-refractivity contribution in [2.75, 3.05) is 18.5 Å². The number of carboxylic acid groups (broad SMARTS) is 1. The number of hydrogen-bond acceptors (Lipinski definition) is 3. The minimum absolute atomic E-state index is 0.0700. The van der Waals surface area contributed by atoms with Crippen LogP contribution in [0.2, 0.25) is 0 Å². The van der Waals surface area contributed by atoms with Crippen molar-refractivity contribution < 1.29 is 28.2 Å². The first-order valence-electron chi connectivity index (χ1n) is 5.55. The van der Waals surface area contributed by atoms with Gasteiger partial charge < -0.3 is 15.5 Å². The predicted molar refractivity (Wildman–Crippen MR) is 63.1 cm³/mol. The molecule has 1 atom stereocenters. The lowest BCUT2D eigenvalue weighted by molar-refractivity contribution is -0.138. The second-order valence-electron chi connectivity index (χ2n) is 4.23. The highest BCUT2D eigenvalue weighted by atomic mass is 19.4. The summed E-state index contributed by atoms with van der Waals surface area (Å²) in [5.74, 6) is -1.72. The molecule has 0 amide bonds. The van der Waals surface area contributed by atoms with Gasteiger partial charge in [0.25, 0.3) is 0 Å². The van der Waals surface area contributed by atoms with E-state index < -0.39 is 23.3 Å². The van der Waals surface area contributed by atoms with Crippen LogP contribution in [0.5, 0.6) is 0 Å². The average Bonchev–Trinajstić information content (AvgIpc) is 2.34. The Bertz CT molecular complexity index is 460. The van der Waals surface area contributed by atoms with Gasteiger partial charge in [-0.15, -0.1) is 0 Å². The van der Waals surface area contributed by atoms with Gasteiger partial charge >= 0.3 is 12.1 Å². The number of benzene rings is 1. The van der Waals surface area contributed by atoms with Crippen LogP contribution in [-0.2, 0) is 6.18 Å². The van der Waals surface area contributed by atoms with Crippen molar-refractivity contribution >= 4 is 11.7 Å². The van der Waals surface area contributed by atoms with Crippen molar-refractivity contribution in [3.8, 4) is 0 Å². The number of carbonyl (C=O) groups is 1. The summed E-state index contributed by atoms with van der Waals surface area (Å²) in [7, 11) is 0. The molecular formula is C12H14F3NO3. The largest absolute Gasteiger partial charge is 0.478 e. The second-order valence-corrected chi connectivity index (χ2v) is 4.23. The van der Waals surface area contributed by atoms with Crippen LogP contribution in [0.1, 0.15) is 22.8 Å². The van der Waals surface area contributed by atoms with Crippen LogP contribution in [0.15, 0.2) is 18.2 Å². The Morgan fingerprint density at radius 3 is 2.53 bits per heavy atom. The van der Waals surface area contributed by atoms with Crippen molar-refractivity contribution in [2.45, 2.75) is 13.1 Å². The van der Waals surface area contributed by atoms with Gasteiger partial charge in [0.1, 0.15) is 0 Å². The smallest absolute Gasteiger partial charge is 0.417 e. The van der Waals surface area contributed by atoms with E-state index in [9.17, 15) is 18.0 Å². The van der Waals surface area contributed by atoms with E-state index in [1.54, 1.807) is 6.92 Å². The molecule has 1 rings (SSSR count). The molecule has 0 aliphatic heterocycles. The maximum Gasteiger partial charge on any atom is 0.417 e. The van der Waals surface area contributed by atoms with E-state index in [-0.39, 0.29) is 18.2 Å². The van der Waals surface area contributed by atoms with E-state index >= 15 is 0 Å². The summed E-state index contributed by atoms with van der Waals surface area (Å²) in [6, 6.07) is 2.84. The molecule has 0 saturated carbocycles. The molecular weight excluding hydrogens is 263 g/mol. The molecule has 7 heteroatoms. The molecule has 1 unspecified atom stereocenters. The fraction of sp³-hybridized carbons (Fsp3) is 0.417. The lowest BCUT2D eigenvalue weighted by Gasteiger charge is -2.14. The van der Waals surface area contributed by atoms with E-state index in [0.29, 0.717) is 6.54 Å². The number of nitrogens with one attached hydrogen (secondary N) is 1. The zero-order valence-electron chi connectivity index (χ0n) is 10.2. The molecule has 19 heavy (non-hydrogen) atoms. The topological polar surface area (TPSA) is 69.6 Å². The summed E-state index contributed by atoms with van der Waals surface area (Å²) in [5.41, 5.74) is -1.71. The molecule has 0 radical (unpaired) electrons. The molecule has 0 aromatic heterocycles. The fourth-order valence-electron chi connectivity index (χ4n) is 1.43. The lowest BCUT2D eigenvalue weighted by Crippen LogP contribution is -2.16. The third kappa shape index (κ3) is 4.13. The van der Waals surface area contributed by atoms with Gasteiger partial charge in [0.05, 0.1) is 11.1 Å². The van der Waals surface area contributed by atoms with Gasteiger partial charge in [0, 0.05) is 18.8 Å². The Hall–Kier alpha value is -1.76. The molecule has 0 aliphatic carbocycles. The van der Waals surface area contributed by atoms with Crippen molar-refractivity contribution in [2.24, 2.45) is 5.92 Å². The number of anilines is 1. The van der Waals surface area contributed by atoms with Crippen LogP contribution in [0.4, 0.5) is 18.9 Å². The van der Waals surface area contributed by atoms with E-state index in [4.69, 9.17) is 10.2 Å². The zero-order valence-corrected chi connectivity index (χ0v) is 10.2. The summed E-state index contributed by atoms with van der Waals surface area (Å²) >= 11 is 0. The van der Waals surface area contributed by atoms with Gasteiger partial charge in [0.2, 0.25) is 0 Å². The molecule has 1 aromatic rings. The maximum absolute atomic E-state index is 12.6. The molecule has 0 bridgehead atoms. The summed E-state index contributed by atoms with van der Waals surface area (Å²) in [6.45, 7) is 2.01. The standard InChI is InChI=1S/C12H14F3NO3/c1-7(6-17)5-16-8-2-3-10(12(13,14)15)9(4-8)11(18)19/h2-4,7,16-17H,5-6H2,1H3,(H,18,19). The van der Waals surface area contributed by atoms with Crippen LogP contribution in [0, 0.1) is 5.92 Å². The number of hydrogen-bond donors (Lipinski definition) is 3. The average molecular weight is 277 g/mol. The first kappa shape index (κ1) is 15.3. The first-order valence-corrected chi connectivity index (χ1v) is 5.55. The molecule has 0 spiro atoms. The SMILES string of the molecule is CC(CO)CNc1ccc(C(F)(F)F)c(C(=O)O)c1. The van der Waals surface area contributed by atoms with E-state index in [2.05, 4.69) is 5.32 Å². The minimum Gasteiger partial charge on any atom is -0.478 e. The van der Waals surface area contributed by atoms with Crippen molar-refractivity contribution in [1.82, 2.24) is 0 Å². The minimum atomic E-state index is -4.70. The highest BCUT2D eigenvalue weighted by molar-refractivity contribution is 5.91. The lowest BCUT2D eigenvalue weighted by atomic mass is 10.1. The second kappa shape index (κ2) is 5.92. The summed E-state index contributed by atoms with van der Waals surface area (Å²) in [5, 5.41) is 20.4. The molecule has 0 heterocycles. The molecule has 1 aromatic carbocycles. The maximum atomic E-state index is 12.6. The molecule has 0 saturated heterocycles. The summed E-state index contributed by atoms with van der Waals surface area (Å²) < 4.78 is 37.8. The van der Waals surface area contributed by atoms with Crippen molar-refractivity contribution in [1.29, 1.82) is 0 Å². The predicted octanol–water partition coefficient (Wildman–Crippen LogP) is 2.44. The van der Waals surface area contributed by atoms with Gasteiger partial charge in [0.15, 0.2) is 0 Å². The van der Waals surface area contributed by atoms with Gasteiger partial charge in [-0.25, -0.2) is 4.79 Å². The number of aromatic carboxylic acids is 1. The van der Waals surface area contributed by atoms with E-state index in [0.717, 1.165) is 12.1 Å². The monoisotopic (exact) mass is 277 g/mol. The number of alkyl halides is 3. The van der Waals surface area contributed by atoms with Gasteiger partial charge in [-0.3, -0.25) is 0 Å². The van der Waals surface area contributed by atoms with Crippen molar-refractivity contribution in [3.05, 3.63) is 29.3 Å². The first-order chi connectivity index (χ1) is 8.75. The zero-order chi connectivity index (χ0) is 14.6. The third-order valence-electron chi connectivity index (χ3n) is 2.52. The van der Waals surface area contributed by atoms with Crippen molar-refractivity contribution in [3.63, 3.8) is 0 Å². The number of aliphatic hydroxyl groups excluding tert-OH is 1. The quantitative estimate of drug-likeness (QED) is 0.773. The van der Waals surface area contributed by atoms with Crippen LogP contribution < -0.4 is 5.32 Å². The summed E-state index contributed by atoms with van der Waals surface area (Å²) in [6.07, 6.45) is -4.70. The molecule has 3 N–H and O–H groups in total. The molecule has 0 aliphatic rings. The van der Waals surface area contributed by atoms with Crippen LogP contribution in [0.25, 0.3) is 0 Å². The Balaban J connectivity index is 3.00. The normalized spacial score (nSPS) is 13.1. The Labute approximate surface area is 107 Å².